The minimum Gasteiger partial charge on any atom is -0.396 e. The van der Waals surface area contributed by atoms with E-state index in [0.717, 1.165) is 30.5 Å². The van der Waals surface area contributed by atoms with Gasteiger partial charge in [0.1, 0.15) is 0 Å². The van der Waals surface area contributed by atoms with Crippen LogP contribution in [0.4, 0.5) is 0 Å². The number of hydrogen-bond donors (Lipinski definition) is 2. The average Bonchev–Trinajstić information content (AvgIpc) is 3.18. The molecule has 1 saturated carbocycles. The Morgan fingerprint density at radius 1 is 1.48 bits per heavy atom. The summed E-state index contributed by atoms with van der Waals surface area (Å²) >= 11 is 0. The number of ether oxygens (including phenoxy) is 1. The lowest BCUT2D eigenvalue weighted by Crippen LogP contribution is -2.35. The highest BCUT2D eigenvalue weighted by molar-refractivity contribution is 5.94. The molecule has 2 aliphatic rings. The summed E-state index contributed by atoms with van der Waals surface area (Å²) < 4.78 is 5.76. The molecule has 1 aromatic heterocycles. The summed E-state index contributed by atoms with van der Waals surface area (Å²) in [6, 6.07) is 0.325. The Labute approximate surface area is 124 Å². The van der Waals surface area contributed by atoms with Crippen LogP contribution in [-0.4, -0.2) is 51.4 Å². The molecule has 21 heavy (non-hydrogen) atoms. The van der Waals surface area contributed by atoms with Crippen molar-refractivity contribution in [3.05, 3.63) is 17.0 Å². The molecule has 116 valence electrons. The number of fused-ring (bicyclic) bond motifs is 1. The zero-order chi connectivity index (χ0) is 15.0. The van der Waals surface area contributed by atoms with Crippen LogP contribution in [0.5, 0.6) is 0 Å². The van der Waals surface area contributed by atoms with Crippen molar-refractivity contribution in [2.75, 3.05) is 13.2 Å². The monoisotopic (exact) mass is 293 g/mol. The Balaban J connectivity index is 1.84. The third kappa shape index (κ3) is 2.82. The van der Waals surface area contributed by atoms with Gasteiger partial charge in [0, 0.05) is 31.2 Å². The van der Waals surface area contributed by atoms with Gasteiger partial charge in [-0.2, -0.15) is 5.10 Å². The van der Waals surface area contributed by atoms with E-state index in [1.54, 1.807) is 0 Å². The summed E-state index contributed by atoms with van der Waals surface area (Å²) in [4.78, 5) is 14.7. The van der Waals surface area contributed by atoms with Gasteiger partial charge in [-0.1, -0.05) is 0 Å². The van der Waals surface area contributed by atoms with E-state index in [9.17, 15) is 4.79 Å². The Morgan fingerprint density at radius 2 is 2.24 bits per heavy atom. The number of nitrogens with one attached hydrogen (secondary N) is 1. The second kappa shape index (κ2) is 5.77. The first-order chi connectivity index (χ1) is 10.1. The highest BCUT2D eigenvalue weighted by atomic mass is 16.5. The van der Waals surface area contributed by atoms with E-state index < -0.39 is 0 Å². The number of carbonyl (C=O) groups excluding carboxylic acids is 1. The van der Waals surface area contributed by atoms with Gasteiger partial charge in [0.25, 0.3) is 5.91 Å². The summed E-state index contributed by atoms with van der Waals surface area (Å²) in [6.45, 7) is 4.71. The number of amides is 1. The molecule has 0 unspecified atom stereocenters. The highest BCUT2D eigenvalue weighted by Gasteiger charge is 2.36. The largest absolute Gasteiger partial charge is 0.396 e. The van der Waals surface area contributed by atoms with E-state index in [4.69, 9.17) is 9.84 Å². The molecule has 1 fully saturated rings. The Morgan fingerprint density at radius 3 is 2.90 bits per heavy atom. The molecule has 0 bridgehead atoms. The number of aromatic amines is 1. The molecule has 0 radical (unpaired) electrons. The molecule has 1 aliphatic carbocycles. The van der Waals surface area contributed by atoms with E-state index in [1.807, 2.05) is 18.7 Å². The first kappa shape index (κ1) is 14.5. The fourth-order valence-electron chi connectivity index (χ4n) is 3.06. The number of hydrogen-bond acceptors (Lipinski definition) is 4. The van der Waals surface area contributed by atoms with Gasteiger partial charge in [-0.3, -0.25) is 9.89 Å². The number of aliphatic hydroxyl groups excluding tert-OH is 1. The first-order valence-corrected chi connectivity index (χ1v) is 7.76. The smallest absolute Gasteiger partial charge is 0.274 e. The Kier molecular flexibility index (Phi) is 3.99. The summed E-state index contributed by atoms with van der Waals surface area (Å²) in [5.41, 5.74) is 2.46. The van der Waals surface area contributed by atoms with Crippen LogP contribution in [0.15, 0.2) is 0 Å². The highest BCUT2D eigenvalue weighted by Crippen LogP contribution is 2.33. The van der Waals surface area contributed by atoms with Crippen LogP contribution in [-0.2, 0) is 11.2 Å². The van der Waals surface area contributed by atoms with Crippen molar-refractivity contribution in [1.82, 2.24) is 15.1 Å². The molecule has 2 heterocycles. The number of rotatable bonds is 5. The van der Waals surface area contributed by atoms with Crippen LogP contribution in [0.2, 0.25) is 0 Å². The van der Waals surface area contributed by atoms with Crippen molar-refractivity contribution < 1.29 is 14.6 Å². The van der Waals surface area contributed by atoms with Gasteiger partial charge in [-0.05, 0) is 33.1 Å². The van der Waals surface area contributed by atoms with Crippen LogP contribution in [0.3, 0.4) is 0 Å². The van der Waals surface area contributed by atoms with Gasteiger partial charge in [-0.15, -0.1) is 0 Å². The summed E-state index contributed by atoms with van der Waals surface area (Å²) in [5, 5.41) is 16.3. The molecule has 2 atom stereocenters. The van der Waals surface area contributed by atoms with E-state index in [0.29, 0.717) is 24.7 Å². The number of carbonyl (C=O) groups is 1. The van der Waals surface area contributed by atoms with Crippen molar-refractivity contribution in [3.63, 3.8) is 0 Å². The van der Waals surface area contributed by atoms with E-state index in [-0.39, 0.29) is 24.7 Å². The third-order valence-electron chi connectivity index (χ3n) is 4.24. The zero-order valence-corrected chi connectivity index (χ0v) is 12.6. The lowest BCUT2D eigenvalue weighted by atomic mass is 9.99. The SMILES string of the molecule is C[C@@H]1Cc2c(C(=O)N(CCCO)C3CC3)n[nH]c2[C@H](C)O1. The van der Waals surface area contributed by atoms with Crippen molar-refractivity contribution in [2.45, 2.75) is 57.8 Å². The lowest BCUT2D eigenvalue weighted by Gasteiger charge is -2.26. The van der Waals surface area contributed by atoms with Crippen molar-refractivity contribution in [3.8, 4) is 0 Å². The van der Waals surface area contributed by atoms with Crippen molar-refractivity contribution in [1.29, 1.82) is 0 Å². The molecule has 0 saturated heterocycles. The number of H-pyrrole nitrogens is 1. The number of nitrogens with zero attached hydrogens (tertiary/aromatic N) is 2. The predicted molar refractivity (Wildman–Crippen MR) is 77.0 cm³/mol. The fourth-order valence-corrected chi connectivity index (χ4v) is 3.06. The summed E-state index contributed by atoms with van der Waals surface area (Å²) in [5.74, 6) is -0.00949. The first-order valence-electron chi connectivity index (χ1n) is 7.76. The quantitative estimate of drug-likeness (QED) is 0.860. The van der Waals surface area contributed by atoms with E-state index >= 15 is 0 Å². The van der Waals surface area contributed by atoms with Crippen molar-refractivity contribution in [2.24, 2.45) is 0 Å². The Hall–Kier alpha value is -1.40. The van der Waals surface area contributed by atoms with Gasteiger partial charge in [0.15, 0.2) is 5.69 Å². The maximum absolute atomic E-state index is 12.8. The van der Waals surface area contributed by atoms with Crippen LogP contribution >= 0.6 is 0 Å². The lowest BCUT2D eigenvalue weighted by molar-refractivity contribution is -0.00702. The summed E-state index contributed by atoms with van der Waals surface area (Å²) in [6.07, 6.45) is 3.49. The van der Waals surface area contributed by atoms with Crippen molar-refractivity contribution >= 4 is 5.91 Å². The molecule has 2 N–H and O–H groups in total. The molecule has 6 nitrogen and oxygen atoms in total. The standard InChI is InChI=1S/C15H23N3O3/c1-9-8-12-13(10(2)21-9)16-17-14(12)15(20)18(6-3-7-19)11-4-5-11/h9-11,19H,3-8H2,1-2H3,(H,16,17)/t9-,10+/m1/s1. The molecular weight excluding hydrogens is 270 g/mol. The second-order valence-corrected chi connectivity index (χ2v) is 6.06. The second-order valence-electron chi connectivity index (χ2n) is 6.06. The summed E-state index contributed by atoms with van der Waals surface area (Å²) in [7, 11) is 0. The Bertz CT molecular complexity index is 524. The van der Waals surface area contributed by atoms with Gasteiger partial charge in [0.2, 0.25) is 0 Å². The molecule has 1 amide bonds. The molecular formula is C15H23N3O3. The minimum atomic E-state index is -0.0513. The molecule has 0 spiro atoms. The van der Waals surface area contributed by atoms with Crippen LogP contribution in [0.25, 0.3) is 0 Å². The third-order valence-corrected chi connectivity index (χ3v) is 4.24. The minimum absolute atomic E-state index is 0.00949. The fraction of sp³-hybridized carbons (Fsp3) is 0.733. The number of aromatic nitrogens is 2. The zero-order valence-electron chi connectivity index (χ0n) is 12.6. The van der Waals surface area contributed by atoms with Gasteiger partial charge >= 0.3 is 0 Å². The van der Waals surface area contributed by atoms with E-state index in [2.05, 4.69) is 10.2 Å². The molecule has 1 aliphatic heterocycles. The number of aliphatic hydroxyl groups is 1. The topological polar surface area (TPSA) is 78.5 Å². The van der Waals surface area contributed by atoms with Gasteiger partial charge in [0.05, 0.1) is 17.9 Å². The predicted octanol–water partition coefficient (Wildman–Crippen LogP) is 1.42. The van der Waals surface area contributed by atoms with Crippen LogP contribution < -0.4 is 0 Å². The molecule has 6 heteroatoms. The van der Waals surface area contributed by atoms with E-state index in [1.165, 1.54) is 0 Å². The molecule has 3 rings (SSSR count). The normalized spacial score (nSPS) is 24.7. The van der Waals surface area contributed by atoms with Gasteiger partial charge in [-0.25, -0.2) is 0 Å². The van der Waals surface area contributed by atoms with Crippen LogP contribution in [0.1, 0.15) is 61.0 Å². The average molecular weight is 293 g/mol. The van der Waals surface area contributed by atoms with Gasteiger partial charge < -0.3 is 14.7 Å². The molecule has 1 aromatic rings. The maximum atomic E-state index is 12.8. The maximum Gasteiger partial charge on any atom is 0.274 e. The molecule has 0 aromatic carbocycles. The van der Waals surface area contributed by atoms with Crippen LogP contribution in [0, 0.1) is 0 Å².